The molecule has 0 aliphatic carbocycles. The smallest absolute Gasteiger partial charge is 0.374 e. The number of aliphatic carboxylic acids is 1. The van der Waals surface area contributed by atoms with Crippen molar-refractivity contribution >= 4 is 5.97 Å². The van der Waals surface area contributed by atoms with E-state index < -0.39 is 5.97 Å². The van der Waals surface area contributed by atoms with Crippen molar-refractivity contribution in [1.29, 1.82) is 0 Å². The minimum absolute atomic E-state index is 0.150. The van der Waals surface area contributed by atoms with Gasteiger partial charge in [-0.15, -0.1) is 0 Å². The minimum Gasteiger partial charge on any atom is -0.508 e. The number of rotatable bonds is 16. The molecular formula is C19H36O4. The summed E-state index contributed by atoms with van der Waals surface area (Å²) < 4.78 is 4.67. The molecule has 0 aromatic heterocycles. The molecule has 0 amide bonds. The number of carbonyl (C=O) groups is 1. The van der Waals surface area contributed by atoms with E-state index in [0.717, 1.165) is 19.3 Å². The van der Waals surface area contributed by atoms with Gasteiger partial charge in [0.2, 0.25) is 5.76 Å². The first-order chi connectivity index (χ1) is 11.1. The first kappa shape index (κ1) is 21.8. The predicted octanol–water partition coefficient (Wildman–Crippen LogP) is 5.97. The van der Waals surface area contributed by atoms with Crippen LogP contribution in [0.3, 0.4) is 0 Å². The maximum atomic E-state index is 10.8. The molecule has 0 unspecified atom stereocenters. The molecule has 0 radical (unpaired) electrons. The molecule has 4 nitrogen and oxygen atoms in total. The van der Waals surface area contributed by atoms with Crippen molar-refractivity contribution in [3.63, 3.8) is 0 Å². The summed E-state index contributed by atoms with van der Waals surface area (Å²) in [5, 5.41) is 18.4. The van der Waals surface area contributed by atoms with E-state index in [1.807, 2.05) is 0 Å². The lowest BCUT2D eigenvalue weighted by Crippen LogP contribution is -2.06. The van der Waals surface area contributed by atoms with Crippen molar-refractivity contribution in [2.75, 3.05) is 7.11 Å². The Labute approximate surface area is 141 Å². The van der Waals surface area contributed by atoms with Gasteiger partial charge in [-0.3, -0.25) is 0 Å². The molecule has 4 heteroatoms. The third-order valence-electron chi connectivity index (χ3n) is 4.18. The van der Waals surface area contributed by atoms with Gasteiger partial charge in [0.15, 0.2) is 0 Å². The average molecular weight is 328 g/mol. The summed E-state index contributed by atoms with van der Waals surface area (Å²) in [6.07, 6.45) is 16.8. The number of carboxylic acid groups (broad SMARTS) is 1. The van der Waals surface area contributed by atoms with Gasteiger partial charge in [0.1, 0.15) is 5.76 Å². The molecule has 0 saturated carbocycles. The Hall–Kier alpha value is -1.19. The molecule has 136 valence electrons. The van der Waals surface area contributed by atoms with Crippen LogP contribution in [0.25, 0.3) is 0 Å². The fourth-order valence-electron chi connectivity index (χ4n) is 2.75. The van der Waals surface area contributed by atoms with Gasteiger partial charge in [-0.1, -0.05) is 84.0 Å². The molecule has 0 aromatic rings. The standard InChI is InChI=1S/C19H36O4/c1-3-4-5-6-7-8-9-10-11-12-13-14-15-16-17(20)18(23-2)19(21)22/h20H,3-16H2,1-2H3,(H,21,22). The third-order valence-corrected chi connectivity index (χ3v) is 4.18. The van der Waals surface area contributed by atoms with Crippen molar-refractivity contribution in [1.82, 2.24) is 0 Å². The second kappa shape index (κ2) is 15.7. The van der Waals surface area contributed by atoms with Gasteiger partial charge in [0.25, 0.3) is 0 Å². The summed E-state index contributed by atoms with van der Waals surface area (Å²) in [5.41, 5.74) is 0. The van der Waals surface area contributed by atoms with Gasteiger partial charge in [0.05, 0.1) is 7.11 Å². The van der Waals surface area contributed by atoms with Crippen molar-refractivity contribution in [2.45, 2.75) is 96.8 Å². The largest absolute Gasteiger partial charge is 0.508 e. The highest BCUT2D eigenvalue weighted by molar-refractivity contribution is 5.84. The van der Waals surface area contributed by atoms with Crippen LogP contribution in [0.2, 0.25) is 0 Å². The zero-order valence-corrected chi connectivity index (χ0v) is 15.1. The fraction of sp³-hybridized carbons (Fsp3) is 0.842. The van der Waals surface area contributed by atoms with Crippen LogP contribution in [0, 0.1) is 0 Å². The second-order valence-electron chi connectivity index (χ2n) is 6.28. The second-order valence-corrected chi connectivity index (χ2v) is 6.28. The van der Waals surface area contributed by atoms with E-state index in [1.165, 1.54) is 71.3 Å². The minimum atomic E-state index is -1.21. The monoisotopic (exact) mass is 328 g/mol. The number of aliphatic hydroxyl groups is 1. The van der Waals surface area contributed by atoms with Gasteiger partial charge >= 0.3 is 5.97 Å². The zero-order valence-electron chi connectivity index (χ0n) is 15.1. The van der Waals surface area contributed by atoms with Crippen LogP contribution in [0.1, 0.15) is 96.8 Å². The molecular weight excluding hydrogens is 292 g/mol. The summed E-state index contributed by atoms with van der Waals surface area (Å²) in [4.78, 5) is 10.8. The van der Waals surface area contributed by atoms with Crippen LogP contribution < -0.4 is 0 Å². The van der Waals surface area contributed by atoms with Crippen molar-refractivity contribution in [3.8, 4) is 0 Å². The van der Waals surface area contributed by atoms with Crippen LogP contribution in [0.15, 0.2) is 11.5 Å². The Morgan fingerprint density at radius 3 is 1.48 bits per heavy atom. The SMILES string of the molecule is CCCCCCCCCCCCCCCC(O)=C(OC)C(=O)O. The van der Waals surface area contributed by atoms with Crippen molar-refractivity contribution in [3.05, 3.63) is 11.5 Å². The highest BCUT2D eigenvalue weighted by Gasteiger charge is 2.13. The van der Waals surface area contributed by atoms with E-state index in [4.69, 9.17) is 5.11 Å². The molecule has 0 spiro atoms. The number of unbranched alkanes of at least 4 members (excludes halogenated alkanes) is 12. The average Bonchev–Trinajstić information content (AvgIpc) is 2.52. The summed E-state index contributed by atoms with van der Waals surface area (Å²) in [5.74, 6) is -1.69. The normalized spacial score (nSPS) is 12.1. The number of methoxy groups -OCH3 is 1. The number of carboxylic acids is 1. The molecule has 0 aromatic carbocycles. The first-order valence-electron chi connectivity index (χ1n) is 9.32. The van der Waals surface area contributed by atoms with E-state index in [-0.39, 0.29) is 11.5 Å². The molecule has 0 saturated heterocycles. The van der Waals surface area contributed by atoms with E-state index in [9.17, 15) is 9.90 Å². The van der Waals surface area contributed by atoms with Crippen LogP contribution >= 0.6 is 0 Å². The summed E-state index contributed by atoms with van der Waals surface area (Å²) in [7, 11) is 1.27. The number of aliphatic hydroxyl groups excluding tert-OH is 1. The lowest BCUT2D eigenvalue weighted by Gasteiger charge is -2.06. The highest BCUT2D eigenvalue weighted by atomic mass is 16.5. The Kier molecular flexibility index (Phi) is 14.9. The molecule has 2 N–H and O–H groups in total. The lowest BCUT2D eigenvalue weighted by molar-refractivity contribution is -0.136. The number of hydrogen-bond acceptors (Lipinski definition) is 3. The summed E-state index contributed by atoms with van der Waals surface area (Å²) in [6, 6.07) is 0. The van der Waals surface area contributed by atoms with Crippen molar-refractivity contribution < 1.29 is 19.7 Å². The maximum Gasteiger partial charge on any atom is 0.374 e. The molecule has 0 atom stereocenters. The van der Waals surface area contributed by atoms with Crippen LogP contribution in [-0.2, 0) is 9.53 Å². The third kappa shape index (κ3) is 13.0. The van der Waals surface area contributed by atoms with Gasteiger partial charge in [-0.2, -0.15) is 0 Å². The topological polar surface area (TPSA) is 66.8 Å². The molecule has 0 rings (SSSR count). The quantitative estimate of drug-likeness (QED) is 0.208. The summed E-state index contributed by atoms with van der Waals surface area (Å²) >= 11 is 0. The van der Waals surface area contributed by atoms with Gasteiger partial charge in [-0.25, -0.2) is 4.79 Å². The van der Waals surface area contributed by atoms with E-state index >= 15 is 0 Å². The molecule has 0 aliphatic heterocycles. The van der Waals surface area contributed by atoms with E-state index in [1.54, 1.807) is 0 Å². The van der Waals surface area contributed by atoms with Crippen LogP contribution in [0.4, 0.5) is 0 Å². The molecule has 0 bridgehead atoms. The Morgan fingerprint density at radius 1 is 0.739 bits per heavy atom. The number of ether oxygens (including phenoxy) is 1. The number of hydrogen-bond donors (Lipinski definition) is 2. The Bertz CT molecular complexity index is 323. The van der Waals surface area contributed by atoms with Gasteiger partial charge < -0.3 is 14.9 Å². The maximum absolute atomic E-state index is 10.8. The highest BCUT2D eigenvalue weighted by Crippen LogP contribution is 2.15. The Balaban J connectivity index is 3.38. The zero-order chi connectivity index (χ0) is 17.3. The summed E-state index contributed by atoms with van der Waals surface area (Å²) in [6.45, 7) is 2.25. The van der Waals surface area contributed by atoms with Crippen molar-refractivity contribution in [2.24, 2.45) is 0 Å². The van der Waals surface area contributed by atoms with Crippen LogP contribution in [0.5, 0.6) is 0 Å². The lowest BCUT2D eigenvalue weighted by atomic mass is 10.0. The Morgan fingerprint density at radius 2 is 1.13 bits per heavy atom. The van der Waals surface area contributed by atoms with Crippen LogP contribution in [-0.4, -0.2) is 23.3 Å². The molecule has 0 aliphatic rings. The van der Waals surface area contributed by atoms with Gasteiger partial charge in [-0.05, 0) is 6.42 Å². The first-order valence-corrected chi connectivity index (χ1v) is 9.32. The fourth-order valence-corrected chi connectivity index (χ4v) is 2.75. The molecule has 0 heterocycles. The van der Waals surface area contributed by atoms with E-state index in [0.29, 0.717) is 6.42 Å². The van der Waals surface area contributed by atoms with Gasteiger partial charge in [0, 0.05) is 6.42 Å². The predicted molar refractivity (Wildman–Crippen MR) is 94.6 cm³/mol. The molecule has 23 heavy (non-hydrogen) atoms. The number of allylic oxidation sites excluding steroid dienone is 1. The molecule has 0 fully saturated rings. The van der Waals surface area contributed by atoms with E-state index in [2.05, 4.69) is 11.7 Å².